The molecule has 3 rings (SSSR count). The predicted molar refractivity (Wildman–Crippen MR) is 78.4 cm³/mol. The molecule has 0 saturated heterocycles. The van der Waals surface area contributed by atoms with Crippen molar-refractivity contribution in [3.63, 3.8) is 0 Å². The van der Waals surface area contributed by atoms with Crippen LogP contribution in [0.15, 0.2) is 30.3 Å². The zero-order valence-electron chi connectivity index (χ0n) is 11.7. The molecule has 2 aromatic rings. The van der Waals surface area contributed by atoms with Gasteiger partial charge < -0.3 is 20.7 Å². The van der Waals surface area contributed by atoms with E-state index in [0.717, 1.165) is 10.9 Å². The summed E-state index contributed by atoms with van der Waals surface area (Å²) in [7, 11) is 0. The fraction of sp³-hybridized carbons (Fsp3) is 0.267. The number of benzene rings is 1. The molecule has 1 fully saturated rings. The molecule has 0 atom stereocenters. The van der Waals surface area contributed by atoms with E-state index in [-0.39, 0.29) is 6.54 Å². The molecule has 1 aliphatic rings. The zero-order chi connectivity index (χ0) is 15.7. The summed E-state index contributed by atoms with van der Waals surface area (Å²) in [5.41, 5.74) is 0.0522. The average Bonchev–Trinajstić information content (AvgIpc) is 3.14. The second-order valence-electron chi connectivity index (χ2n) is 5.39. The Morgan fingerprint density at radius 3 is 2.59 bits per heavy atom. The van der Waals surface area contributed by atoms with Crippen LogP contribution in [0.3, 0.4) is 0 Å². The molecule has 7 nitrogen and oxygen atoms in total. The minimum atomic E-state index is -1.14. The SMILES string of the molecule is O=C(CNC(=O)c1cc2ccccc2[nH]1)NC1(C(=O)O)CC1. The monoisotopic (exact) mass is 301 g/mol. The quantitative estimate of drug-likeness (QED) is 0.649. The molecule has 2 amide bonds. The van der Waals surface area contributed by atoms with E-state index in [4.69, 9.17) is 5.11 Å². The molecule has 1 aromatic carbocycles. The van der Waals surface area contributed by atoms with Crippen LogP contribution in [0.5, 0.6) is 0 Å². The molecule has 22 heavy (non-hydrogen) atoms. The van der Waals surface area contributed by atoms with Gasteiger partial charge in [-0.25, -0.2) is 4.79 Å². The van der Waals surface area contributed by atoms with Crippen molar-refractivity contribution in [2.24, 2.45) is 0 Å². The first kappa shape index (κ1) is 14.1. The largest absolute Gasteiger partial charge is 0.480 e. The van der Waals surface area contributed by atoms with Crippen LogP contribution in [0.25, 0.3) is 10.9 Å². The number of aromatic amines is 1. The summed E-state index contributed by atoms with van der Waals surface area (Å²) < 4.78 is 0. The summed E-state index contributed by atoms with van der Waals surface area (Å²) in [5.74, 6) is -1.96. The number of para-hydroxylation sites is 1. The van der Waals surface area contributed by atoms with E-state index >= 15 is 0 Å². The Morgan fingerprint density at radius 1 is 1.23 bits per heavy atom. The van der Waals surface area contributed by atoms with Gasteiger partial charge in [0.2, 0.25) is 5.91 Å². The molecule has 1 aliphatic carbocycles. The normalized spacial score (nSPS) is 15.3. The number of carboxylic acids is 1. The summed E-state index contributed by atoms with van der Waals surface area (Å²) >= 11 is 0. The summed E-state index contributed by atoms with van der Waals surface area (Å²) in [6.07, 6.45) is 0.841. The van der Waals surface area contributed by atoms with Gasteiger partial charge in [-0.05, 0) is 25.0 Å². The van der Waals surface area contributed by atoms with Gasteiger partial charge in [-0.1, -0.05) is 18.2 Å². The van der Waals surface area contributed by atoms with Crippen molar-refractivity contribution in [3.05, 3.63) is 36.0 Å². The van der Waals surface area contributed by atoms with E-state index in [0.29, 0.717) is 18.5 Å². The smallest absolute Gasteiger partial charge is 0.329 e. The third-order valence-corrected chi connectivity index (χ3v) is 3.72. The number of nitrogens with one attached hydrogen (secondary N) is 3. The molecule has 0 unspecified atom stereocenters. The van der Waals surface area contributed by atoms with Gasteiger partial charge >= 0.3 is 5.97 Å². The number of fused-ring (bicyclic) bond motifs is 1. The molecule has 1 heterocycles. The number of carbonyl (C=O) groups is 3. The van der Waals surface area contributed by atoms with Crippen molar-refractivity contribution >= 4 is 28.7 Å². The Hall–Kier alpha value is -2.83. The maximum absolute atomic E-state index is 12.0. The van der Waals surface area contributed by atoms with Gasteiger partial charge in [-0.15, -0.1) is 0 Å². The standard InChI is InChI=1S/C15H15N3O4/c19-12(18-15(5-6-15)14(21)22)8-16-13(20)11-7-9-3-1-2-4-10(9)17-11/h1-4,7,17H,5-6,8H2,(H,16,20)(H,18,19)(H,21,22). The minimum Gasteiger partial charge on any atom is -0.480 e. The third-order valence-electron chi connectivity index (χ3n) is 3.72. The van der Waals surface area contributed by atoms with Crippen LogP contribution in [-0.2, 0) is 9.59 Å². The zero-order valence-corrected chi connectivity index (χ0v) is 11.7. The van der Waals surface area contributed by atoms with Crippen molar-refractivity contribution in [2.75, 3.05) is 6.54 Å². The lowest BCUT2D eigenvalue weighted by Crippen LogP contribution is -2.47. The van der Waals surface area contributed by atoms with E-state index in [1.165, 1.54) is 0 Å². The van der Waals surface area contributed by atoms with Gasteiger partial charge in [0.15, 0.2) is 0 Å². The maximum Gasteiger partial charge on any atom is 0.329 e. The fourth-order valence-electron chi connectivity index (χ4n) is 2.28. The molecule has 0 radical (unpaired) electrons. The topological polar surface area (TPSA) is 111 Å². The Balaban J connectivity index is 1.58. The van der Waals surface area contributed by atoms with Gasteiger partial charge in [0.25, 0.3) is 5.91 Å². The van der Waals surface area contributed by atoms with Crippen LogP contribution in [0.2, 0.25) is 0 Å². The summed E-state index contributed by atoms with van der Waals surface area (Å²) in [4.78, 5) is 37.6. The van der Waals surface area contributed by atoms with Gasteiger partial charge in [-0.2, -0.15) is 0 Å². The van der Waals surface area contributed by atoms with Gasteiger partial charge in [0.1, 0.15) is 11.2 Å². The molecular weight excluding hydrogens is 286 g/mol. The van der Waals surface area contributed by atoms with Crippen molar-refractivity contribution < 1.29 is 19.5 Å². The highest BCUT2D eigenvalue weighted by Gasteiger charge is 2.51. The molecule has 0 bridgehead atoms. The van der Waals surface area contributed by atoms with Crippen LogP contribution in [-0.4, -0.2) is 40.0 Å². The lowest BCUT2D eigenvalue weighted by Gasteiger charge is -2.12. The first-order chi connectivity index (χ1) is 10.5. The van der Waals surface area contributed by atoms with Crippen LogP contribution < -0.4 is 10.6 Å². The van der Waals surface area contributed by atoms with E-state index in [2.05, 4.69) is 15.6 Å². The average molecular weight is 301 g/mol. The Kier molecular flexibility index (Phi) is 3.32. The summed E-state index contributed by atoms with van der Waals surface area (Å²) in [5, 5.41) is 14.8. The van der Waals surface area contributed by atoms with Crippen molar-refractivity contribution in [1.82, 2.24) is 15.6 Å². The lowest BCUT2D eigenvalue weighted by molar-refractivity contribution is -0.143. The van der Waals surface area contributed by atoms with Gasteiger partial charge in [-0.3, -0.25) is 9.59 Å². The Labute approximate surface area is 125 Å². The van der Waals surface area contributed by atoms with Crippen LogP contribution in [0, 0.1) is 0 Å². The van der Waals surface area contributed by atoms with E-state index in [1.54, 1.807) is 6.07 Å². The number of carbonyl (C=O) groups excluding carboxylic acids is 2. The first-order valence-corrected chi connectivity index (χ1v) is 6.90. The molecule has 7 heteroatoms. The first-order valence-electron chi connectivity index (χ1n) is 6.90. The molecule has 0 aliphatic heterocycles. The molecule has 114 valence electrons. The number of carboxylic acid groups (broad SMARTS) is 1. The van der Waals surface area contributed by atoms with Crippen molar-refractivity contribution in [1.29, 1.82) is 0 Å². The maximum atomic E-state index is 12.0. The second-order valence-corrected chi connectivity index (χ2v) is 5.39. The Morgan fingerprint density at radius 2 is 1.95 bits per heavy atom. The highest BCUT2D eigenvalue weighted by atomic mass is 16.4. The number of aliphatic carboxylic acids is 1. The van der Waals surface area contributed by atoms with Gasteiger partial charge in [0.05, 0.1) is 6.54 Å². The number of H-pyrrole nitrogens is 1. The number of hydrogen-bond donors (Lipinski definition) is 4. The molecule has 4 N–H and O–H groups in total. The number of rotatable bonds is 5. The molecular formula is C15H15N3O4. The summed E-state index contributed by atoms with van der Waals surface area (Å²) in [6.45, 7) is -0.261. The van der Waals surface area contributed by atoms with Crippen molar-refractivity contribution in [3.8, 4) is 0 Å². The fourth-order valence-corrected chi connectivity index (χ4v) is 2.28. The molecule has 1 saturated carbocycles. The second kappa shape index (κ2) is 5.18. The van der Waals surface area contributed by atoms with Crippen LogP contribution in [0.1, 0.15) is 23.3 Å². The van der Waals surface area contributed by atoms with E-state index < -0.39 is 23.3 Å². The highest BCUT2D eigenvalue weighted by Crippen LogP contribution is 2.35. The van der Waals surface area contributed by atoms with E-state index in [1.807, 2.05) is 24.3 Å². The lowest BCUT2D eigenvalue weighted by atomic mass is 10.2. The highest BCUT2D eigenvalue weighted by molar-refractivity contribution is 6.00. The summed E-state index contributed by atoms with van der Waals surface area (Å²) in [6, 6.07) is 9.14. The third kappa shape index (κ3) is 2.65. The predicted octanol–water partition coefficient (Wildman–Crippen LogP) is 0.631. The molecule has 1 aromatic heterocycles. The number of amides is 2. The Bertz CT molecular complexity index is 728. The van der Waals surface area contributed by atoms with Crippen LogP contribution >= 0.6 is 0 Å². The van der Waals surface area contributed by atoms with E-state index in [9.17, 15) is 14.4 Å². The van der Waals surface area contributed by atoms with Crippen molar-refractivity contribution in [2.45, 2.75) is 18.4 Å². The minimum absolute atomic E-state index is 0.261. The number of aromatic nitrogens is 1. The molecule has 0 spiro atoms. The van der Waals surface area contributed by atoms with Gasteiger partial charge in [0, 0.05) is 10.9 Å². The van der Waals surface area contributed by atoms with Crippen LogP contribution in [0.4, 0.5) is 0 Å². The number of hydrogen-bond acceptors (Lipinski definition) is 3.